The molecule has 5 heteroatoms. The molecule has 0 heterocycles. The molecular formula is C12H19NO3S. The first-order chi connectivity index (χ1) is 7.89. The molecule has 17 heavy (non-hydrogen) atoms. The zero-order chi connectivity index (χ0) is 12.9. The van der Waals surface area contributed by atoms with Crippen LogP contribution >= 0.6 is 0 Å². The molecule has 0 saturated heterocycles. The number of phenols is 1. The maximum Gasteiger partial charge on any atom is 0.211 e. The van der Waals surface area contributed by atoms with E-state index in [0.29, 0.717) is 13.0 Å². The molecule has 1 rings (SSSR count). The van der Waals surface area contributed by atoms with E-state index in [9.17, 15) is 8.42 Å². The maximum absolute atomic E-state index is 11.5. The highest BCUT2D eigenvalue weighted by atomic mass is 32.2. The average Bonchev–Trinajstić information content (AvgIpc) is 2.18. The number of hydrogen-bond acceptors (Lipinski definition) is 3. The number of benzene rings is 1. The van der Waals surface area contributed by atoms with Gasteiger partial charge in [-0.2, -0.15) is 0 Å². The second kappa shape index (κ2) is 6.02. The minimum atomic E-state index is -3.16. The molecule has 0 fully saturated rings. The van der Waals surface area contributed by atoms with Crippen LogP contribution in [0.1, 0.15) is 19.4 Å². The lowest BCUT2D eigenvalue weighted by Gasteiger charge is -2.08. The van der Waals surface area contributed by atoms with E-state index in [1.807, 2.05) is 13.8 Å². The minimum absolute atomic E-state index is 0.126. The third-order valence-electron chi connectivity index (χ3n) is 2.22. The topological polar surface area (TPSA) is 66.4 Å². The van der Waals surface area contributed by atoms with E-state index in [-0.39, 0.29) is 17.4 Å². The third-order valence-corrected chi connectivity index (χ3v) is 3.97. The van der Waals surface area contributed by atoms with E-state index in [0.717, 1.165) is 5.56 Å². The quantitative estimate of drug-likeness (QED) is 0.812. The predicted molar refractivity (Wildman–Crippen MR) is 68.4 cm³/mol. The fraction of sp³-hybridized carbons (Fsp3) is 0.500. The molecule has 0 amide bonds. The molecule has 1 aromatic rings. The number of phenolic OH excluding ortho intramolecular Hbond substituents is 1. The number of nitrogens with one attached hydrogen (secondary N) is 1. The summed E-state index contributed by atoms with van der Waals surface area (Å²) in [5.41, 5.74) is 0.995. The van der Waals surface area contributed by atoms with Crippen LogP contribution in [0.3, 0.4) is 0 Å². The van der Waals surface area contributed by atoms with Gasteiger partial charge in [-0.1, -0.05) is 26.0 Å². The van der Waals surface area contributed by atoms with Gasteiger partial charge in [-0.15, -0.1) is 0 Å². The number of rotatable bonds is 6. The molecule has 0 aliphatic carbocycles. The molecule has 0 spiro atoms. The lowest BCUT2D eigenvalue weighted by Crippen LogP contribution is -2.30. The van der Waals surface area contributed by atoms with Gasteiger partial charge in [0, 0.05) is 6.54 Å². The highest BCUT2D eigenvalue weighted by Crippen LogP contribution is 2.09. The van der Waals surface area contributed by atoms with Crippen LogP contribution in [0.5, 0.6) is 5.75 Å². The lowest BCUT2D eigenvalue weighted by atomic mass is 10.1. The molecule has 1 aromatic carbocycles. The van der Waals surface area contributed by atoms with E-state index >= 15 is 0 Å². The van der Waals surface area contributed by atoms with Crippen molar-refractivity contribution in [2.24, 2.45) is 5.92 Å². The summed E-state index contributed by atoms with van der Waals surface area (Å²) in [5, 5.41) is 9.10. The Morgan fingerprint density at radius 2 is 1.82 bits per heavy atom. The van der Waals surface area contributed by atoms with Gasteiger partial charge in [0.05, 0.1) is 5.75 Å². The molecule has 4 nitrogen and oxygen atoms in total. The Hall–Kier alpha value is -1.07. The molecule has 96 valence electrons. The maximum atomic E-state index is 11.5. The van der Waals surface area contributed by atoms with E-state index < -0.39 is 10.0 Å². The first-order valence-corrected chi connectivity index (χ1v) is 7.29. The van der Waals surface area contributed by atoms with E-state index in [1.165, 1.54) is 0 Å². The second-order valence-corrected chi connectivity index (χ2v) is 6.34. The van der Waals surface area contributed by atoms with Crippen molar-refractivity contribution < 1.29 is 13.5 Å². The van der Waals surface area contributed by atoms with Crippen LogP contribution in [0.15, 0.2) is 24.3 Å². The van der Waals surface area contributed by atoms with Crippen molar-refractivity contribution in [2.45, 2.75) is 20.3 Å². The van der Waals surface area contributed by atoms with Crippen LogP contribution in [0.2, 0.25) is 0 Å². The van der Waals surface area contributed by atoms with Crippen molar-refractivity contribution in [1.82, 2.24) is 4.72 Å². The summed E-state index contributed by atoms with van der Waals surface area (Å²) in [6, 6.07) is 6.76. The zero-order valence-electron chi connectivity index (χ0n) is 10.2. The fourth-order valence-corrected chi connectivity index (χ4v) is 2.92. The molecule has 0 aromatic heterocycles. The van der Waals surface area contributed by atoms with Crippen molar-refractivity contribution in [3.8, 4) is 5.75 Å². The Labute approximate surface area is 103 Å². The van der Waals surface area contributed by atoms with Gasteiger partial charge in [0.15, 0.2) is 0 Å². The lowest BCUT2D eigenvalue weighted by molar-refractivity contribution is 0.475. The van der Waals surface area contributed by atoms with Gasteiger partial charge in [0.2, 0.25) is 10.0 Å². The van der Waals surface area contributed by atoms with Gasteiger partial charge in [-0.3, -0.25) is 0 Å². The summed E-state index contributed by atoms with van der Waals surface area (Å²) < 4.78 is 25.6. The van der Waals surface area contributed by atoms with E-state index in [4.69, 9.17) is 5.11 Å². The van der Waals surface area contributed by atoms with Gasteiger partial charge in [0.1, 0.15) is 5.75 Å². The average molecular weight is 257 g/mol. The van der Waals surface area contributed by atoms with Crippen LogP contribution in [0.4, 0.5) is 0 Å². The van der Waals surface area contributed by atoms with Crippen molar-refractivity contribution >= 4 is 10.0 Å². The molecule has 0 aliphatic heterocycles. The standard InChI is InChI=1S/C12H19NO3S/c1-10(2)9-17(15,16)13-8-7-11-3-5-12(14)6-4-11/h3-6,10,13-14H,7-9H2,1-2H3. The predicted octanol–water partition coefficient (Wildman–Crippen LogP) is 1.51. The second-order valence-electron chi connectivity index (χ2n) is 4.49. The van der Waals surface area contributed by atoms with Gasteiger partial charge in [0.25, 0.3) is 0 Å². The first-order valence-electron chi connectivity index (χ1n) is 5.64. The zero-order valence-corrected chi connectivity index (χ0v) is 11.0. The fourth-order valence-electron chi connectivity index (χ4n) is 1.51. The summed E-state index contributed by atoms with van der Waals surface area (Å²) in [4.78, 5) is 0. The van der Waals surface area contributed by atoms with Crippen LogP contribution in [0, 0.1) is 5.92 Å². The van der Waals surface area contributed by atoms with Crippen molar-refractivity contribution in [2.75, 3.05) is 12.3 Å². The number of hydrogen-bond donors (Lipinski definition) is 2. The summed E-state index contributed by atoms with van der Waals surface area (Å²) in [6.07, 6.45) is 0.623. The monoisotopic (exact) mass is 257 g/mol. The summed E-state index contributed by atoms with van der Waals surface area (Å²) in [6.45, 7) is 4.14. The Bertz CT molecular complexity index is 437. The van der Waals surface area contributed by atoms with E-state index in [2.05, 4.69) is 4.72 Å². The Balaban J connectivity index is 2.40. The van der Waals surface area contributed by atoms with Gasteiger partial charge < -0.3 is 5.11 Å². The molecule has 0 saturated carbocycles. The third kappa shape index (κ3) is 5.70. The Morgan fingerprint density at radius 3 is 2.35 bits per heavy atom. The van der Waals surface area contributed by atoms with Crippen LogP contribution in [0.25, 0.3) is 0 Å². The van der Waals surface area contributed by atoms with E-state index in [1.54, 1.807) is 24.3 Å². The van der Waals surface area contributed by atoms with Crippen molar-refractivity contribution in [3.05, 3.63) is 29.8 Å². The Morgan fingerprint density at radius 1 is 1.24 bits per heavy atom. The van der Waals surface area contributed by atoms with Gasteiger partial charge >= 0.3 is 0 Å². The summed E-state index contributed by atoms with van der Waals surface area (Å²) >= 11 is 0. The van der Waals surface area contributed by atoms with Gasteiger partial charge in [-0.05, 0) is 30.0 Å². The smallest absolute Gasteiger partial charge is 0.211 e. The molecule has 2 N–H and O–H groups in total. The molecule has 0 unspecified atom stereocenters. The normalized spacial score (nSPS) is 11.9. The minimum Gasteiger partial charge on any atom is -0.508 e. The van der Waals surface area contributed by atoms with Crippen LogP contribution < -0.4 is 4.72 Å². The molecular weight excluding hydrogens is 238 g/mol. The summed E-state index contributed by atoms with van der Waals surface area (Å²) in [7, 11) is -3.16. The largest absolute Gasteiger partial charge is 0.508 e. The van der Waals surface area contributed by atoms with Crippen LogP contribution in [-0.4, -0.2) is 25.8 Å². The number of sulfonamides is 1. The molecule has 0 bridgehead atoms. The molecule has 0 atom stereocenters. The van der Waals surface area contributed by atoms with Crippen molar-refractivity contribution in [3.63, 3.8) is 0 Å². The first kappa shape index (κ1) is 14.0. The van der Waals surface area contributed by atoms with Crippen LogP contribution in [-0.2, 0) is 16.4 Å². The van der Waals surface area contributed by atoms with Gasteiger partial charge in [-0.25, -0.2) is 13.1 Å². The Kier molecular flexibility index (Phi) is 4.96. The highest BCUT2D eigenvalue weighted by Gasteiger charge is 2.11. The highest BCUT2D eigenvalue weighted by molar-refractivity contribution is 7.89. The van der Waals surface area contributed by atoms with Crippen molar-refractivity contribution in [1.29, 1.82) is 0 Å². The SMILES string of the molecule is CC(C)CS(=O)(=O)NCCc1ccc(O)cc1. The summed E-state index contributed by atoms with van der Waals surface area (Å²) in [5.74, 6) is 0.498. The molecule has 0 radical (unpaired) electrons. The number of aromatic hydroxyl groups is 1. The molecule has 0 aliphatic rings.